The summed E-state index contributed by atoms with van der Waals surface area (Å²) in [7, 11) is -2.61. The predicted molar refractivity (Wildman–Crippen MR) is 190 cm³/mol. The Bertz CT molecular complexity index is 2090. The van der Waals surface area contributed by atoms with E-state index in [0.29, 0.717) is 50.9 Å². The van der Waals surface area contributed by atoms with Crippen molar-refractivity contribution in [3.63, 3.8) is 0 Å². The van der Waals surface area contributed by atoms with Crippen molar-refractivity contribution in [2.75, 3.05) is 18.0 Å². The highest BCUT2D eigenvalue weighted by Gasteiger charge is 2.36. The highest BCUT2D eigenvalue weighted by Crippen LogP contribution is 2.37. The van der Waals surface area contributed by atoms with Gasteiger partial charge in [-0.25, -0.2) is 14.0 Å². The lowest BCUT2D eigenvalue weighted by Crippen LogP contribution is -2.29. The van der Waals surface area contributed by atoms with Crippen LogP contribution in [0.25, 0.3) is 28.1 Å². The Morgan fingerprint density at radius 1 is 0.896 bits per heavy atom. The van der Waals surface area contributed by atoms with E-state index in [1.165, 1.54) is 50.3 Å². The van der Waals surface area contributed by atoms with Gasteiger partial charge in [0.2, 0.25) is 0 Å². The van der Waals surface area contributed by atoms with Gasteiger partial charge < -0.3 is 9.30 Å². The van der Waals surface area contributed by atoms with Crippen LogP contribution in [-0.2, 0) is 21.4 Å². The van der Waals surface area contributed by atoms with Crippen molar-refractivity contribution in [1.82, 2.24) is 14.3 Å². The number of nitrogens with zero attached hydrogens (tertiary/aromatic N) is 3. The van der Waals surface area contributed by atoms with E-state index in [9.17, 15) is 13.2 Å². The van der Waals surface area contributed by atoms with Crippen molar-refractivity contribution in [3.8, 4) is 33.8 Å². The minimum atomic E-state index is -4.06. The molecule has 1 aromatic heterocycles. The minimum Gasteiger partial charge on any atom is -0.495 e. The second kappa shape index (κ2) is 13.3. The second-order valence-corrected chi connectivity index (χ2v) is 14.7. The quantitative estimate of drug-likeness (QED) is 0.176. The molecule has 0 bridgehead atoms. The molecule has 48 heavy (non-hydrogen) atoms. The number of hydrogen-bond donors (Lipinski definition) is 1. The van der Waals surface area contributed by atoms with Crippen LogP contribution in [0.3, 0.4) is 0 Å². The molecule has 8 nitrogen and oxygen atoms in total. The van der Waals surface area contributed by atoms with Gasteiger partial charge in [0, 0.05) is 28.9 Å². The number of amides is 1. The summed E-state index contributed by atoms with van der Waals surface area (Å²) in [5.74, 6) is 1.07. The third-order valence-corrected chi connectivity index (χ3v) is 11.1. The van der Waals surface area contributed by atoms with Crippen molar-refractivity contribution in [3.05, 3.63) is 118 Å². The Balaban J connectivity index is 1.23. The molecular weight excluding hydrogens is 667 g/mol. The number of methoxy groups -OCH3 is 1. The van der Waals surface area contributed by atoms with E-state index in [1.807, 2.05) is 27.6 Å². The SMILES string of the molecule is COc1ccc(-n2cc(-c3ccc(Cl)cc3Cl)nc2Cc2ccc(-c3ccc(C4CCCCC4)cc3)cc2)cc1N1CC(=O)NS1(=O)=O. The van der Waals surface area contributed by atoms with Crippen LogP contribution in [0.4, 0.5) is 5.69 Å². The van der Waals surface area contributed by atoms with Crippen LogP contribution in [-0.4, -0.2) is 37.5 Å². The van der Waals surface area contributed by atoms with Gasteiger partial charge in [0.25, 0.3) is 5.91 Å². The van der Waals surface area contributed by atoms with Gasteiger partial charge in [-0.05, 0) is 77.4 Å². The van der Waals surface area contributed by atoms with Crippen LogP contribution in [0.1, 0.15) is 55.0 Å². The fourth-order valence-electron chi connectivity index (χ4n) is 6.66. The zero-order valence-electron chi connectivity index (χ0n) is 26.3. The maximum atomic E-state index is 12.8. The van der Waals surface area contributed by atoms with E-state index < -0.39 is 16.1 Å². The normalized spacial score (nSPS) is 16.2. The summed E-state index contributed by atoms with van der Waals surface area (Å²) in [4.78, 5) is 17.0. The molecule has 0 unspecified atom stereocenters. The molecule has 0 spiro atoms. The Hall–Kier alpha value is -4.31. The van der Waals surface area contributed by atoms with Gasteiger partial charge in [-0.2, -0.15) is 8.42 Å². The second-order valence-electron chi connectivity index (χ2n) is 12.3. The molecule has 2 heterocycles. The fraction of sp³-hybridized carbons (Fsp3) is 0.243. The summed E-state index contributed by atoms with van der Waals surface area (Å²) >= 11 is 12.8. The smallest absolute Gasteiger partial charge is 0.326 e. The highest BCUT2D eigenvalue weighted by atomic mass is 35.5. The third kappa shape index (κ3) is 6.55. The molecule has 5 aromatic rings. The van der Waals surface area contributed by atoms with E-state index in [0.717, 1.165) is 15.4 Å². The Labute approximate surface area is 290 Å². The number of carbonyl (C=O) groups excluding carboxylic acids is 1. The molecule has 4 aromatic carbocycles. The average Bonchev–Trinajstić information content (AvgIpc) is 3.63. The maximum absolute atomic E-state index is 12.8. The van der Waals surface area contributed by atoms with Crippen LogP contribution >= 0.6 is 23.2 Å². The van der Waals surface area contributed by atoms with Gasteiger partial charge >= 0.3 is 10.2 Å². The van der Waals surface area contributed by atoms with Crippen molar-refractivity contribution in [2.45, 2.75) is 44.4 Å². The topological polar surface area (TPSA) is 93.5 Å². The first-order valence-corrected chi connectivity index (χ1v) is 18.1. The van der Waals surface area contributed by atoms with Crippen molar-refractivity contribution in [1.29, 1.82) is 0 Å². The first-order chi connectivity index (χ1) is 23.2. The molecule has 1 amide bonds. The molecular formula is C37H34Cl2N4O4S. The van der Waals surface area contributed by atoms with E-state index in [2.05, 4.69) is 48.5 Å². The average molecular weight is 702 g/mol. The van der Waals surface area contributed by atoms with Crippen molar-refractivity contribution < 1.29 is 17.9 Å². The third-order valence-electron chi connectivity index (χ3n) is 9.15. The molecule has 1 aliphatic carbocycles. The monoisotopic (exact) mass is 700 g/mol. The molecule has 1 saturated carbocycles. The Kier molecular flexibility index (Phi) is 8.94. The van der Waals surface area contributed by atoms with Crippen LogP contribution in [0.5, 0.6) is 5.75 Å². The number of nitrogens with one attached hydrogen (secondary N) is 1. The van der Waals surface area contributed by atoms with Gasteiger partial charge in [-0.1, -0.05) is 91.0 Å². The highest BCUT2D eigenvalue weighted by molar-refractivity contribution is 7.92. The van der Waals surface area contributed by atoms with Gasteiger partial charge in [0.1, 0.15) is 18.1 Å². The summed E-state index contributed by atoms with van der Waals surface area (Å²) in [6.45, 7) is -0.347. The summed E-state index contributed by atoms with van der Waals surface area (Å²) in [5.41, 5.74) is 7.00. The van der Waals surface area contributed by atoms with Crippen molar-refractivity contribution >= 4 is 45.0 Å². The van der Waals surface area contributed by atoms with Crippen LogP contribution in [0.2, 0.25) is 10.0 Å². The summed E-state index contributed by atoms with van der Waals surface area (Å²) in [6, 6.07) is 27.9. The lowest BCUT2D eigenvalue weighted by Gasteiger charge is -2.22. The van der Waals surface area contributed by atoms with E-state index >= 15 is 0 Å². The van der Waals surface area contributed by atoms with Gasteiger partial charge in [-0.3, -0.25) is 4.79 Å². The molecule has 7 rings (SSSR count). The van der Waals surface area contributed by atoms with E-state index in [-0.39, 0.29) is 12.2 Å². The largest absolute Gasteiger partial charge is 0.495 e. The summed E-state index contributed by atoms with van der Waals surface area (Å²) in [6.07, 6.45) is 8.89. The zero-order valence-corrected chi connectivity index (χ0v) is 28.7. The summed E-state index contributed by atoms with van der Waals surface area (Å²) in [5, 5.41) is 0.975. The van der Waals surface area contributed by atoms with Gasteiger partial charge in [0.05, 0.1) is 23.5 Å². The molecule has 0 radical (unpaired) electrons. The van der Waals surface area contributed by atoms with Crippen LogP contribution < -0.4 is 13.8 Å². The number of ether oxygens (including phenoxy) is 1. The first-order valence-electron chi connectivity index (χ1n) is 15.9. The molecule has 1 saturated heterocycles. The standard InChI is InChI=1S/C37H34Cl2N4O4S/c1-47-35-18-16-30(21-34(35)43-23-37(44)41-48(43,45)46)42-22-33(31-17-15-29(38)20-32(31)39)40-36(42)19-24-7-9-26(10-8-24)28-13-11-27(12-14-28)25-5-3-2-4-6-25/h7-18,20-22,25H,2-6,19,23H2,1H3,(H,41,44). The number of anilines is 1. The number of rotatable bonds is 8. The molecule has 2 fully saturated rings. The van der Waals surface area contributed by atoms with Crippen LogP contribution in [0.15, 0.2) is 91.1 Å². The maximum Gasteiger partial charge on any atom is 0.326 e. The first kappa shape index (κ1) is 32.2. The number of imidazole rings is 1. The van der Waals surface area contributed by atoms with Crippen LogP contribution in [0, 0.1) is 0 Å². The molecule has 0 atom stereocenters. The van der Waals surface area contributed by atoms with E-state index in [1.54, 1.807) is 24.3 Å². The summed E-state index contributed by atoms with van der Waals surface area (Å²) < 4.78 is 35.9. The number of benzene rings is 4. The molecule has 2 aliphatic rings. The Morgan fingerprint density at radius 3 is 2.25 bits per heavy atom. The van der Waals surface area contributed by atoms with Crippen molar-refractivity contribution in [2.24, 2.45) is 0 Å². The molecule has 246 valence electrons. The number of carbonyl (C=O) groups is 1. The fourth-order valence-corrected chi connectivity index (χ4v) is 8.32. The van der Waals surface area contributed by atoms with E-state index in [4.69, 9.17) is 32.9 Å². The lowest BCUT2D eigenvalue weighted by molar-refractivity contribution is -0.117. The molecule has 1 N–H and O–H groups in total. The lowest BCUT2D eigenvalue weighted by atomic mass is 9.83. The number of halogens is 2. The van der Waals surface area contributed by atoms with Gasteiger partial charge in [0.15, 0.2) is 0 Å². The number of hydrogen-bond acceptors (Lipinski definition) is 5. The molecule has 1 aliphatic heterocycles. The Morgan fingerprint density at radius 2 is 1.60 bits per heavy atom. The number of aromatic nitrogens is 2. The minimum absolute atomic E-state index is 0.234. The molecule has 11 heteroatoms. The zero-order chi connectivity index (χ0) is 33.4. The predicted octanol–water partition coefficient (Wildman–Crippen LogP) is 8.34. The van der Waals surface area contributed by atoms with Gasteiger partial charge in [-0.15, -0.1) is 0 Å².